The largest absolute Gasteiger partial charge is 0.356 e. The van der Waals surface area contributed by atoms with Crippen molar-refractivity contribution < 1.29 is 0 Å². The molecule has 74 valence electrons. The average molecular weight is 182 g/mol. The van der Waals surface area contributed by atoms with Crippen molar-refractivity contribution in [1.29, 1.82) is 0 Å². The highest BCUT2D eigenvalue weighted by Crippen LogP contribution is 2.05. The zero-order chi connectivity index (χ0) is 9.10. The number of rotatable bonds is 1. The van der Waals surface area contributed by atoms with Gasteiger partial charge in [0.05, 0.1) is 0 Å². The third-order valence-corrected chi connectivity index (χ3v) is 2.63. The Bertz CT molecular complexity index is 202. The highest BCUT2D eigenvalue weighted by atomic mass is 15.2. The summed E-state index contributed by atoms with van der Waals surface area (Å²) in [5, 5.41) is 6.73. The fraction of sp³-hybridized carbons (Fsp3) is 0.889. The normalized spacial score (nSPS) is 29.6. The van der Waals surface area contributed by atoms with E-state index in [9.17, 15) is 0 Å². The van der Waals surface area contributed by atoms with Crippen molar-refractivity contribution >= 4 is 5.96 Å². The van der Waals surface area contributed by atoms with Crippen LogP contribution in [0.25, 0.3) is 0 Å². The van der Waals surface area contributed by atoms with Crippen LogP contribution in [0.15, 0.2) is 4.99 Å². The van der Waals surface area contributed by atoms with Crippen LogP contribution in [-0.4, -0.2) is 50.1 Å². The van der Waals surface area contributed by atoms with Crippen LogP contribution in [0.3, 0.4) is 0 Å². The van der Waals surface area contributed by atoms with Gasteiger partial charge in [0.25, 0.3) is 0 Å². The van der Waals surface area contributed by atoms with Crippen LogP contribution in [0.1, 0.15) is 12.8 Å². The lowest BCUT2D eigenvalue weighted by atomic mass is 10.2. The minimum Gasteiger partial charge on any atom is -0.356 e. The number of likely N-dealkylation sites (tertiary alicyclic amines) is 1. The summed E-state index contributed by atoms with van der Waals surface area (Å²) in [4.78, 5) is 6.74. The van der Waals surface area contributed by atoms with Gasteiger partial charge in [-0.05, 0) is 26.4 Å². The van der Waals surface area contributed by atoms with Gasteiger partial charge in [0.2, 0.25) is 0 Å². The molecule has 2 aliphatic heterocycles. The van der Waals surface area contributed by atoms with Gasteiger partial charge >= 0.3 is 0 Å². The molecule has 0 aromatic heterocycles. The Morgan fingerprint density at radius 3 is 3.15 bits per heavy atom. The molecule has 0 saturated carbocycles. The highest BCUT2D eigenvalue weighted by Gasteiger charge is 2.20. The summed E-state index contributed by atoms with van der Waals surface area (Å²) in [6.45, 7) is 4.37. The Morgan fingerprint density at radius 2 is 2.54 bits per heavy atom. The van der Waals surface area contributed by atoms with Crippen LogP contribution in [-0.2, 0) is 0 Å². The topological polar surface area (TPSA) is 39.7 Å². The van der Waals surface area contributed by atoms with Crippen molar-refractivity contribution in [1.82, 2.24) is 15.5 Å². The van der Waals surface area contributed by atoms with Gasteiger partial charge in [-0.2, -0.15) is 0 Å². The minimum atomic E-state index is 0.592. The number of aliphatic imine (C=N–C) groups is 1. The quantitative estimate of drug-likeness (QED) is 0.581. The van der Waals surface area contributed by atoms with Crippen molar-refractivity contribution in [2.45, 2.75) is 18.9 Å². The van der Waals surface area contributed by atoms with E-state index in [1.165, 1.54) is 13.0 Å². The molecule has 1 saturated heterocycles. The minimum absolute atomic E-state index is 0.592. The van der Waals surface area contributed by atoms with Crippen LogP contribution in [0.5, 0.6) is 0 Å². The molecule has 0 amide bonds. The molecule has 0 aliphatic carbocycles. The smallest absolute Gasteiger partial charge is 0.191 e. The lowest BCUT2D eigenvalue weighted by molar-refractivity contribution is 0.406. The summed E-state index contributed by atoms with van der Waals surface area (Å²) in [5.41, 5.74) is 0. The monoisotopic (exact) mass is 182 g/mol. The van der Waals surface area contributed by atoms with Gasteiger partial charge in [-0.25, -0.2) is 0 Å². The Kier molecular flexibility index (Phi) is 2.68. The van der Waals surface area contributed by atoms with Gasteiger partial charge in [0.15, 0.2) is 5.96 Å². The average Bonchev–Trinajstić information content (AvgIpc) is 2.53. The summed E-state index contributed by atoms with van der Waals surface area (Å²) < 4.78 is 0. The van der Waals surface area contributed by atoms with Gasteiger partial charge in [-0.1, -0.05) is 0 Å². The number of guanidine groups is 1. The zero-order valence-electron chi connectivity index (χ0n) is 8.21. The molecule has 2 heterocycles. The predicted octanol–water partition coefficient (Wildman–Crippen LogP) is -0.371. The molecular formula is C9H18N4. The van der Waals surface area contributed by atoms with Crippen LogP contribution in [0, 0.1) is 0 Å². The lowest BCUT2D eigenvalue weighted by Gasteiger charge is -2.20. The summed E-state index contributed by atoms with van der Waals surface area (Å²) in [5.74, 6) is 1.01. The molecule has 4 heteroatoms. The maximum atomic E-state index is 4.39. The molecule has 2 rings (SSSR count). The third-order valence-electron chi connectivity index (χ3n) is 2.63. The second kappa shape index (κ2) is 3.96. The molecule has 2 aliphatic rings. The van der Waals surface area contributed by atoms with E-state index in [1.807, 2.05) is 0 Å². The lowest BCUT2D eigenvalue weighted by Crippen LogP contribution is -2.46. The molecule has 1 atom stereocenters. The molecule has 0 aromatic rings. The van der Waals surface area contributed by atoms with Crippen LogP contribution < -0.4 is 10.6 Å². The van der Waals surface area contributed by atoms with Gasteiger partial charge in [0.1, 0.15) is 0 Å². The number of nitrogens with one attached hydrogen (secondary N) is 2. The summed E-state index contributed by atoms with van der Waals surface area (Å²) in [7, 11) is 2.16. The number of hydrogen-bond acceptors (Lipinski definition) is 4. The molecule has 0 aromatic carbocycles. The maximum Gasteiger partial charge on any atom is 0.191 e. The standard InChI is InChI=1S/C9H18N4/c1-13-6-3-8(7-13)12-9-10-4-2-5-11-9/h8H,2-7H2,1H3,(H2,10,11,12). The van der Waals surface area contributed by atoms with Crippen LogP contribution in [0.2, 0.25) is 0 Å². The first-order valence-electron chi connectivity index (χ1n) is 5.08. The van der Waals surface area contributed by atoms with Crippen molar-refractivity contribution in [3.05, 3.63) is 0 Å². The Labute approximate surface area is 79.4 Å². The number of nitrogens with zero attached hydrogens (tertiary/aromatic N) is 2. The van der Waals surface area contributed by atoms with Crippen LogP contribution in [0.4, 0.5) is 0 Å². The first-order valence-corrected chi connectivity index (χ1v) is 5.08. The molecule has 2 N–H and O–H groups in total. The third kappa shape index (κ3) is 2.34. The second-order valence-corrected chi connectivity index (χ2v) is 3.90. The number of hydrogen-bond donors (Lipinski definition) is 2. The first kappa shape index (κ1) is 8.81. The van der Waals surface area contributed by atoms with Gasteiger partial charge < -0.3 is 15.5 Å². The maximum absolute atomic E-state index is 4.39. The number of likely N-dealkylation sites (N-methyl/N-ethyl adjacent to an activating group) is 1. The van der Waals surface area contributed by atoms with E-state index in [2.05, 4.69) is 27.6 Å². The van der Waals surface area contributed by atoms with E-state index >= 15 is 0 Å². The van der Waals surface area contributed by atoms with Crippen molar-refractivity contribution in [3.8, 4) is 0 Å². The zero-order valence-corrected chi connectivity index (χ0v) is 8.21. The molecular weight excluding hydrogens is 164 g/mol. The Morgan fingerprint density at radius 1 is 1.62 bits per heavy atom. The predicted molar refractivity (Wildman–Crippen MR) is 54.0 cm³/mol. The molecule has 0 bridgehead atoms. The summed E-state index contributed by atoms with van der Waals surface area (Å²) in [6, 6.07) is 0.592. The van der Waals surface area contributed by atoms with E-state index in [4.69, 9.17) is 0 Å². The van der Waals surface area contributed by atoms with Gasteiger partial charge in [0, 0.05) is 25.7 Å². The van der Waals surface area contributed by atoms with E-state index in [0.29, 0.717) is 6.04 Å². The van der Waals surface area contributed by atoms with Crippen molar-refractivity contribution in [2.24, 2.45) is 4.99 Å². The second-order valence-electron chi connectivity index (χ2n) is 3.90. The molecule has 0 spiro atoms. The van der Waals surface area contributed by atoms with E-state index in [1.54, 1.807) is 0 Å². The molecule has 4 nitrogen and oxygen atoms in total. The van der Waals surface area contributed by atoms with Crippen molar-refractivity contribution in [3.63, 3.8) is 0 Å². The Hall–Kier alpha value is -0.770. The highest BCUT2D eigenvalue weighted by molar-refractivity contribution is 5.80. The molecule has 0 radical (unpaired) electrons. The van der Waals surface area contributed by atoms with E-state index in [-0.39, 0.29) is 0 Å². The van der Waals surface area contributed by atoms with E-state index in [0.717, 1.165) is 32.0 Å². The van der Waals surface area contributed by atoms with Gasteiger partial charge in [-0.15, -0.1) is 0 Å². The molecule has 13 heavy (non-hydrogen) atoms. The summed E-state index contributed by atoms with van der Waals surface area (Å²) >= 11 is 0. The molecule has 1 fully saturated rings. The SMILES string of the molecule is CN1CCC(NC2=NCCCN2)C1. The van der Waals surface area contributed by atoms with Crippen molar-refractivity contribution in [2.75, 3.05) is 33.2 Å². The van der Waals surface area contributed by atoms with Crippen LogP contribution >= 0.6 is 0 Å². The first-order chi connectivity index (χ1) is 6.34. The fourth-order valence-electron chi connectivity index (χ4n) is 1.88. The van der Waals surface area contributed by atoms with Gasteiger partial charge in [-0.3, -0.25) is 4.99 Å². The Balaban J connectivity index is 1.80. The van der Waals surface area contributed by atoms with E-state index < -0.39 is 0 Å². The summed E-state index contributed by atoms with van der Waals surface area (Å²) in [6.07, 6.45) is 2.40. The fourth-order valence-corrected chi connectivity index (χ4v) is 1.88. The molecule has 1 unspecified atom stereocenters.